The van der Waals surface area contributed by atoms with Gasteiger partial charge in [0.25, 0.3) is 0 Å². The number of rotatable bonds is 3. The van der Waals surface area contributed by atoms with Gasteiger partial charge in [0.1, 0.15) is 29.0 Å². The molecule has 4 aromatic rings. The van der Waals surface area contributed by atoms with Crippen LogP contribution in [0.5, 0.6) is 17.2 Å². The topological polar surface area (TPSA) is 61.8 Å². The lowest BCUT2D eigenvalue weighted by atomic mass is 9.83. The van der Waals surface area contributed by atoms with Gasteiger partial charge in [0.2, 0.25) is 0 Å². The standard InChI is InChI=1S/C31H26O5/c1-17-13-22-23(29(33)20-11-7-6-10-19(20)28(22)32)14-25(17)35-27-16-31(2,3)36-30-21-12-8-5-9-18(21)26(34-4)15-24(27)30/h5-15,27H,16H2,1-4H3. The van der Waals surface area contributed by atoms with E-state index in [9.17, 15) is 9.59 Å². The number of aryl methyl sites for hydroxylation is 1. The van der Waals surface area contributed by atoms with Crippen LogP contribution in [0.3, 0.4) is 0 Å². The van der Waals surface area contributed by atoms with Crippen molar-refractivity contribution in [2.45, 2.75) is 38.9 Å². The molecule has 0 saturated heterocycles. The van der Waals surface area contributed by atoms with E-state index in [0.29, 0.717) is 34.4 Å². The van der Waals surface area contributed by atoms with E-state index in [2.05, 4.69) is 0 Å². The summed E-state index contributed by atoms with van der Waals surface area (Å²) < 4.78 is 18.8. The van der Waals surface area contributed by atoms with Crippen LogP contribution in [0.1, 0.15) is 69.3 Å². The summed E-state index contributed by atoms with van der Waals surface area (Å²) in [4.78, 5) is 26.4. The van der Waals surface area contributed by atoms with E-state index in [-0.39, 0.29) is 17.7 Å². The second kappa shape index (κ2) is 7.95. The molecule has 5 heteroatoms. The normalized spacial score (nSPS) is 17.6. The van der Waals surface area contributed by atoms with Gasteiger partial charge < -0.3 is 14.2 Å². The maximum absolute atomic E-state index is 13.3. The Labute approximate surface area is 209 Å². The molecule has 1 aliphatic carbocycles. The predicted molar refractivity (Wildman–Crippen MR) is 138 cm³/mol. The molecule has 0 N–H and O–H groups in total. The molecule has 1 atom stereocenters. The van der Waals surface area contributed by atoms with E-state index < -0.39 is 5.60 Å². The first-order valence-electron chi connectivity index (χ1n) is 12.1. The van der Waals surface area contributed by atoms with Crippen LogP contribution >= 0.6 is 0 Å². The molecule has 2 aliphatic rings. The number of hydrogen-bond donors (Lipinski definition) is 0. The number of benzene rings is 4. The third-order valence-corrected chi connectivity index (χ3v) is 7.10. The van der Waals surface area contributed by atoms with E-state index >= 15 is 0 Å². The second-order valence-electron chi connectivity index (χ2n) is 10.1. The maximum atomic E-state index is 13.3. The Hall–Kier alpha value is -4.12. The Bertz CT molecular complexity index is 1580. The summed E-state index contributed by atoms with van der Waals surface area (Å²) >= 11 is 0. The van der Waals surface area contributed by atoms with Crippen LogP contribution in [0.25, 0.3) is 10.8 Å². The van der Waals surface area contributed by atoms with E-state index in [1.807, 2.05) is 51.1 Å². The predicted octanol–water partition coefficient (Wildman–Crippen LogP) is 6.61. The molecule has 1 heterocycles. The highest BCUT2D eigenvalue weighted by Crippen LogP contribution is 2.48. The van der Waals surface area contributed by atoms with Crippen molar-refractivity contribution in [1.82, 2.24) is 0 Å². The lowest BCUT2D eigenvalue weighted by molar-refractivity contribution is 0.0231. The van der Waals surface area contributed by atoms with Gasteiger partial charge in [0.15, 0.2) is 11.6 Å². The average Bonchev–Trinajstić information content (AvgIpc) is 2.87. The number of ketones is 2. The van der Waals surface area contributed by atoms with Crippen LogP contribution in [0.15, 0.2) is 66.7 Å². The van der Waals surface area contributed by atoms with Crippen LogP contribution in [0.2, 0.25) is 0 Å². The van der Waals surface area contributed by atoms with Crippen LogP contribution in [-0.4, -0.2) is 24.3 Å². The Morgan fingerprint density at radius 1 is 0.806 bits per heavy atom. The van der Waals surface area contributed by atoms with Gasteiger partial charge in [-0.25, -0.2) is 0 Å². The van der Waals surface area contributed by atoms with E-state index in [4.69, 9.17) is 14.2 Å². The fourth-order valence-corrected chi connectivity index (χ4v) is 5.35. The van der Waals surface area contributed by atoms with Crippen LogP contribution in [0.4, 0.5) is 0 Å². The molecule has 36 heavy (non-hydrogen) atoms. The Kier molecular flexibility index (Phi) is 4.94. The molecule has 0 bridgehead atoms. The number of carbonyl (C=O) groups is 2. The van der Waals surface area contributed by atoms with Crippen molar-refractivity contribution in [3.8, 4) is 17.2 Å². The monoisotopic (exact) mass is 478 g/mol. The molecule has 0 amide bonds. The maximum Gasteiger partial charge on any atom is 0.194 e. The van der Waals surface area contributed by atoms with Crippen LogP contribution < -0.4 is 14.2 Å². The highest BCUT2D eigenvalue weighted by Gasteiger charge is 2.38. The molecule has 0 spiro atoms. The number of fused-ring (bicyclic) bond motifs is 5. The zero-order chi connectivity index (χ0) is 25.2. The molecule has 5 nitrogen and oxygen atoms in total. The number of hydrogen-bond acceptors (Lipinski definition) is 5. The molecule has 0 saturated carbocycles. The quantitative estimate of drug-likeness (QED) is 0.292. The molecular weight excluding hydrogens is 452 g/mol. The summed E-state index contributed by atoms with van der Waals surface area (Å²) in [6.45, 7) is 5.99. The zero-order valence-electron chi connectivity index (χ0n) is 20.7. The number of ether oxygens (including phenoxy) is 3. The summed E-state index contributed by atoms with van der Waals surface area (Å²) in [5.74, 6) is 1.81. The summed E-state index contributed by atoms with van der Waals surface area (Å²) in [5, 5.41) is 1.94. The van der Waals surface area contributed by atoms with Crippen molar-refractivity contribution in [3.05, 3.63) is 100 Å². The first-order chi connectivity index (χ1) is 17.3. The van der Waals surface area contributed by atoms with Gasteiger partial charge in [-0.05, 0) is 44.5 Å². The summed E-state index contributed by atoms with van der Waals surface area (Å²) in [7, 11) is 1.66. The number of methoxy groups -OCH3 is 1. The summed E-state index contributed by atoms with van der Waals surface area (Å²) in [6, 6.07) is 20.4. The van der Waals surface area contributed by atoms with Crippen molar-refractivity contribution in [2.24, 2.45) is 0 Å². The number of carbonyl (C=O) groups excluding carboxylic acids is 2. The summed E-state index contributed by atoms with van der Waals surface area (Å²) in [5.41, 5.74) is 2.90. The molecule has 6 rings (SSSR count). The Morgan fingerprint density at radius 3 is 2.08 bits per heavy atom. The molecule has 1 aliphatic heterocycles. The largest absolute Gasteiger partial charge is 0.496 e. The van der Waals surface area contributed by atoms with Crippen LogP contribution in [-0.2, 0) is 0 Å². The average molecular weight is 479 g/mol. The van der Waals surface area contributed by atoms with Crippen molar-refractivity contribution in [2.75, 3.05) is 7.11 Å². The molecule has 0 aromatic heterocycles. The molecule has 4 aromatic carbocycles. The van der Waals surface area contributed by atoms with E-state index in [1.165, 1.54) is 0 Å². The summed E-state index contributed by atoms with van der Waals surface area (Å²) in [6.07, 6.45) is 0.272. The van der Waals surface area contributed by atoms with Gasteiger partial charge in [-0.3, -0.25) is 9.59 Å². The SMILES string of the molecule is COc1cc2c(c3ccccc13)OC(C)(C)CC2Oc1cc2c(cc1C)C(=O)c1ccccc1C2=O. The van der Waals surface area contributed by atoms with Crippen molar-refractivity contribution in [1.29, 1.82) is 0 Å². The van der Waals surface area contributed by atoms with Gasteiger partial charge in [0.05, 0.1) is 7.11 Å². The minimum Gasteiger partial charge on any atom is -0.496 e. The molecule has 0 fully saturated rings. The third kappa shape index (κ3) is 3.38. The fraction of sp³-hybridized carbons (Fsp3) is 0.226. The zero-order valence-corrected chi connectivity index (χ0v) is 20.7. The highest BCUT2D eigenvalue weighted by molar-refractivity contribution is 6.28. The van der Waals surface area contributed by atoms with E-state index in [0.717, 1.165) is 33.4 Å². The van der Waals surface area contributed by atoms with E-state index in [1.54, 1.807) is 43.5 Å². The second-order valence-corrected chi connectivity index (χ2v) is 10.1. The lowest BCUT2D eigenvalue weighted by Gasteiger charge is -2.38. The fourth-order valence-electron chi connectivity index (χ4n) is 5.35. The lowest BCUT2D eigenvalue weighted by Crippen LogP contribution is -2.36. The van der Waals surface area contributed by atoms with Gasteiger partial charge in [-0.2, -0.15) is 0 Å². The van der Waals surface area contributed by atoms with Crippen molar-refractivity contribution in [3.63, 3.8) is 0 Å². The Balaban J connectivity index is 1.46. The minimum absolute atomic E-state index is 0.136. The Morgan fingerprint density at radius 2 is 1.42 bits per heavy atom. The highest BCUT2D eigenvalue weighted by atomic mass is 16.5. The van der Waals surface area contributed by atoms with Crippen molar-refractivity contribution >= 4 is 22.3 Å². The first kappa shape index (κ1) is 22.4. The van der Waals surface area contributed by atoms with Crippen molar-refractivity contribution < 1.29 is 23.8 Å². The van der Waals surface area contributed by atoms with Gasteiger partial charge >= 0.3 is 0 Å². The van der Waals surface area contributed by atoms with Crippen LogP contribution in [0, 0.1) is 6.92 Å². The third-order valence-electron chi connectivity index (χ3n) is 7.10. The van der Waals surface area contributed by atoms with Gasteiger partial charge in [-0.1, -0.05) is 48.5 Å². The molecule has 180 valence electrons. The minimum atomic E-state index is -0.470. The smallest absolute Gasteiger partial charge is 0.194 e. The van der Waals surface area contributed by atoms with Gasteiger partial charge in [0, 0.05) is 45.0 Å². The molecular formula is C31H26O5. The van der Waals surface area contributed by atoms with Gasteiger partial charge in [-0.15, -0.1) is 0 Å². The molecule has 0 radical (unpaired) electrons. The molecule has 1 unspecified atom stereocenters. The first-order valence-corrected chi connectivity index (χ1v) is 12.1.